The summed E-state index contributed by atoms with van der Waals surface area (Å²) < 4.78 is 27.7. The van der Waals surface area contributed by atoms with Gasteiger partial charge in [-0.15, -0.1) is 5.10 Å². The summed E-state index contributed by atoms with van der Waals surface area (Å²) in [6.07, 6.45) is 1.51. The predicted octanol–water partition coefficient (Wildman–Crippen LogP) is 6.02. The third-order valence-corrected chi connectivity index (χ3v) is 6.93. The van der Waals surface area contributed by atoms with Crippen molar-refractivity contribution in [3.05, 3.63) is 100 Å². The molecule has 3 heterocycles. The number of methoxy groups -OCH3 is 1. The summed E-state index contributed by atoms with van der Waals surface area (Å²) in [7, 11) is 1.65. The number of anilines is 1. The molecule has 2 aliphatic rings. The summed E-state index contributed by atoms with van der Waals surface area (Å²) in [5.74, 6) is 1.92. The van der Waals surface area contributed by atoms with Gasteiger partial charge in [0, 0.05) is 11.1 Å². The molecular weight excluding hydrogens is 463 g/mol. The highest BCUT2D eigenvalue weighted by Crippen LogP contribution is 2.51. The van der Waals surface area contributed by atoms with Crippen LogP contribution in [0.25, 0.3) is 5.70 Å². The number of nitrogens with zero attached hydrogens (tertiary/aromatic N) is 3. The average Bonchev–Trinajstić information content (AvgIpc) is 3.31. The number of rotatable bonds is 4. The van der Waals surface area contributed by atoms with Gasteiger partial charge in [-0.25, -0.2) is 9.07 Å². The van der Waals surface area contributed by atoms with Crippen molar-refractivity contribution < 1.29 is 13.9 Å². The van der Waals surface area contributed by atoms with Gasteiger partial charge in [-0.05, 0) is 60.7 Å². The molecule has 0 saturated carbocycles. The highest BCUT2D eigenvalue weighted by atomic mass is 32.2. The number of nitrogens with one attached hydrogen (secondary N) is 1. The molecule has 1 N–H and O–H groups in total. The molecule has 0 saturated heterocycles. The Morgan fingerprint density at radius 3 is 2.49 bits per heavy atom. The molecule has 1 aromatic heterocycles. The van der Waals surface area contributed by atoms with Gasteiger partial charge >= 0.3 is 0 Å². The topological polar surface area (TPSA) is 61.2 Å². The zero-order valence-electron chi connectivity index (χ0n) is 19.4. The van der Waals surface area contributed by atoms with Gasteiger partial charge in [-0.1, -0.05) is 47.7 Å². The van der Waals surface area contributed by atoms with Crippen LogP contribution in [0.5, 0.6) is 11.5 Å². The number of hydrogen-bond acceptors (Lipinski definition) is 6. The van der Waals surface area contributed by atoms with Crippen molar-refractivity contribution in [3.8, 4) is 11.5 Å². The molecule has 0 unspecified atom stereocenters. The Kier molecular flexibility index (Phi) is 5.25. The van der Waals surface area contributed by atoms with E-state index < -0.39 is 6.10 Å². The SMILES string of the molecule is COc1ccc([C@@H]2C3=C(Nc4nc(SC)nn42)c2cc(C)ccc2O[C@H]3c2ccc(F)cc2)cc1. The maximum absolute atomic E-state index is 13.8. The van der Waals surface area contributed by atoms with Crippen LogP contribution >= 0.6 is 11.8 Å². The first-order valence-corrected chi connectivity index (χ1v) is 12.5. The van der Waals surface area contributed by atoms with Crippen molar-refractivity contribution >= 4 is 23.4 Å². The Morgan fingerprint density at radius 1 is 1.03 bits per heavy atom. The molecule has 8 heteroatoms. The van der Waals surface area contributed by atoms with Gasteiger partial charge in [0.2, 0.25) is 11.1 Å². The number of halogens is 1. The van der Waals surface area contributed by atoms with E-state index in [4.69, 9.17) is 19.6 Å². The van der Waals surface area contributed by atoms with Gasteiger partial charge < -0.3 is 14.8 Å². The number of hydrogen-bond donors (Lipinski definition) is 1. The Bertz CT molecular complexity index is 1450. The zero-order chi connectivity index (χ0) is 24.1. The number of aryl methyl sites for hydroxylation is 1. The van der Waals surface area contributed by atoms with Crippen LogP contribution in [-0.2, 0) is 0 Å². The Hall–Kier alpha value is -3.78. The van der Waals surface area contributed by atoms with Crippen LogP contribution in [0.2, 0.25) is 0 Å². The van der Waals surface area contributed by atoms with Crippen molar-refractivity contribution in [1.82, 2.24) is 14.8 Å². The van der Waals surface area contributed by atoms with Crippen LogP contribution in [0.3, 0.4) is 0 Å². The molecule has 0 spiro atoms. The standard InChI is InChI=1S/C27H23FN4O2S/c1-15-4-13-21-20(14-15)23-22(25(34-21)17-5-9-18(28)10-6-17)24(16-7-11-19(33-2)12-8-16)32-26(29-23)30-27(31-32)35-3/h4-14,24-25H,1-3H3,(H,29,30,31)/t24-,25+/m1/s1. The fraction of sp³-hybridized carbons (Fsp3) is 0.185. The Labute approximate surface area is 206 Å². The van der Waals surface area contributed by atoms with E-state index in [-0.39, 0.29) is 11.9 Å². The largest absolute Gasteiger partial charge is 0.497 e. The average molecular weight is 487 g/mol. The summed E-state index contributed by atoms with van der Waals surface area (Å²) in [5, 5.41) is 9.02. The van der Waals surface area contributed by atoms with Gasteiger partial charge in [-0.2, -0.15) is 4.98 Å². The molecule has 3 aromatic carbocycles. The lowest BCUT2D eigenvalue weighted by molar-refractivity contribution is 0.222. The molecule has 0 amide bonds. The van der Waals surface area contributed by atoms with E-state index >= 15 is 0 Å². The lowest BCUT2D eigenvalue weighted by Gasteiger charge is -2.39. The van der Waals surface area contributed by atoms with Crippen molar-refractivity contribution in [2.45, 2.75) is 24.2 Å². The molecule has 176 valence electrons. The number of fused-ring (bicyclic) bond motifs is 3. The molecule has 0 radical (unpaired) electrons. The third-order valence-electron chi connectivity index (χ3n) is 6.40. The minimum absolute atomic E-state index is 0.286. The highest BCUT2D eigenvalue weighted by molar-refractivity contribution is 7.98. The van der Waals surface area contributed by atoms with Crippen LogP contribution in [0.15, 0.2) is 77.5 Å². The van der Waals surface area contributed by atoms with Gasteiger partial charge in [0.15, 0.2) is 0 Å². The molecule has 0 fully saturated rings. The molecule has 4 aromatic rings. The van der Waals surface area contributed by atoms with Crippen molar-refractivity contribution in [1.29, 1.82) is 0 Å². The first-order chi connectivity index (χ1) is 17.1. The first kappa shape index (κ1) is 21.7. The summed E-state index contributed by atoms with van der Waals surface area (Å²) in [6.45, 7) is 2.06. The Morgan fingerprint density at radius 2 is 1.77 bits per heavy atom. The van der Waals surface area contributed by atoms with Crippen LogP contribution in [0, 0.1) is 12.7 Å². The second-order valence-corrected chi connectivity index (χ2v) is 9.32. The van der Waals surface area contributed by atoms with Gasteiger partial charge in [0.25, 0.3) is 0 Å². The normalized spacial score (nSPS) is 18.2. The van der Waals surface area contributed by atoms with E-state index in [1.54, 1.807) is 19.2 Å². The van der Waals surface area contributed by atoms with Gasteiger partial charge in [0.1, 0.15) is 29.5 Å². The monoisotopic (exact) mass is 486 g/mol. The van der Waals surface area contributed by atoms with E-state index in [2.05, 4.69) is 18.3 Å². The van der Waals surface area contributed by atoms with E-state index in [1.165, 1.54) is 23.9 Å². The van der Waals surface area contributed by atoms with E-state index in [1.807, 2.05) is 47.3 Å². The molecule has 2 atom stereocenters. The van der Waals surface area contributed by atoms with Crippen LogP contribution in [0.4, 0.5) is 10.3 Å². The fourth-order valence-electron chi connectivity index (χ4n) is 4.73. The molecule has 0 bridgehead atoms. The zero-order valence-corrected chi connectivity index (χ0v) is 20.3. The van der Waals surface area contributed by atoms with E-state index in [0.29, 0.717) is 11.1 Å². The van der Waals surface area contributed by atoms with Crippen molar-refractivity contribution in [2.75, 3.05) is 18.7 Å². The number of aromatic nitrogens is 3. The minimum Gasteiger partial charge on any atom is -0.497 e. The number of ether oxygens (including phenoxy) is 2. The quantitative estimate of drug-likeness (QED) is 0.356. The smallest absolute Gasteiger partial charge is 0.227 e. The van der Waals surface area contributed by atoms with Crippen LogP contribution in [-0.4, -0.2) is 28.1 Å². The summed E-state index contributed by atoms with van der Waals surface area (Å²) in [6, 6.07) is 20.3. The first-order valence-electron chi connectivity index (χ1n) is 11.2. The molecule has 0 aliphatic carbocycles. The Balaban J connectivity index is 1.62. The maximum Gasteiger partial charge on any atom is 0.227 e. The lowest BCUT2D eigenvalue weighted by atomic mass is 9.84. The lowest BCUT2D eigenvalue weighted by Crippen LogP contribution is -2.32. The summed E-state index contributed by atoms with van der Waals surface area (Å²) in [4.78, 5) is 4.73. The maximum atomic E-state index is 13.8. The van der Waals surface area contributed by atoms with Gasteiger partial charge in [-0.3, -0.25) is 0 Å². The van der Waals surface area contributed by atoms with E-state index in [0.717, 1.165) is 45.0 Å². The van der Waals surface area contributed by atoms with Crippen molar-refractivity contribution in [3.63, 3.8) is 0 Å². The second-order valence-electron chi connectivity index (χ2n) is 8.55. The molecular formula is C27H23FN4O2S. The van der Waals surface area contributed by atoms with Gasteiger partial charge in [0.05, 0.1) is 12.8 Å². The summed E-state index contributed by atoms with van der Waals surface area (Å²) in [5.41, 5.74) is 5.91. The summed E-state index contributed by atoms with van der Waals surface area (Å²) >= 11 is 1.49. The second kappa shape index (κ2) is 8.46. The van der Waals surface area contributed by atoms with E-state index in [9.17, 15) is 4.39 Å². The third kappa shape index (κ3) is 3.65. The minimum atomic E-state index is -0.449. The molecule has 2 aliphatic heterocycles. The van der Waals surface area contributed by atoms with Crippen LogP contribution < -0.4 is 14.8 Å². The predicted molar refractivity (Wildman–Crippen MR) is 134 cm³/mol. The number of thioether (sulfide) groups is 1. The molecule has 6 nitrogen and oxygen atoms in total. The van der Waals surface area contributed by atoms with Crippen LogP contribution in [0.1, 0.15) is 34.4 Å². The highest BCUT2D eigenvalue weighted by Gasteiger charge is 2.41. The molecule has 35 heavy (non-hydrogen) atoms. The number of benzene rings is 3. The van der Waals surface area contributed by atoms with Crippen molar-refractivity contribution in [2.24, 2.45) is 0 Å². The molecule has 6 rings (SSSR count). The fourth-order valence-corrected chi connectivity index (χ4v) is 5.08.